The fraction of sp³-hybridized carbons (Fsp3) is 0.458. The molecule has 0 spiro atoms. The van der Waals surface area contributed by atoms with Gasteiger partial charge < -0.3 is 9.47 Å². The molecule has 2 aromatic rings. The van der Waals surface area contributed by atoms with Crippen LogP contribution < -0.4 is 4.74 Å². The van der Waals surface area contributed by atoms with Gasteiger partial charge in [-0.1, -0.05) is 81.1 Å². The van der Waals surface area contributed by atoms with E-state index in [1.807, 2.05) is 61.5 Å². The molecule has 0 saturated carbocycles. The zero-order valence-electron chi connectivity index (χ0n) is 16.9. The molecule has 1 atom stereocenters. The van der Waals surface area contributed by atoms with E-state index in [2.05, 4.69) is 6.92 Å². The molecule has 0 aliphatic carbocycles. The number of benzene rings is 2. The van der Waals surface area contributed by atoms with Gasteiger partial charge in [0.15, 0.2) is 0 Å². The van der Waals surface area contributed by atoms with Crippen LogP contribution in [-0.2, 0) is 21.4 Å². The lowest BCUT2D eigenvalue weighted by atomic mass is 9.71. The number of carbonyl (C=O) groups excluding carboxylic acids is 1. The summed E-state index contributed by atoms with van der Waals surface area (Å²) in [5, 5.41) is 0. The highest BCUT2D eigenvalue weighted by Gasteiger charge is 2.41. The van der Waals surface area contributed by atoms with Crippen LogP contribution in [0.15, 0.2) is 54.6 Å². The highest BCUT2D eigenvalue weighted by Crippen LogP contribution is 2.38. The molecular weight excluding hydrogens is 336 g/mol. The minimum atomic E-state index is -0.695. The third-order valence-electron chi connectivity index (χ3n) is 5.13. The highest BCUT2D eigenvalue weighted by molar-refractivity contribution is 5.84. The minimum Gasteiger partial charge on any atom is -0.496 e. The van der Waals surface area contributed by atoms with Crippen molar-refractivity contribution in [1.82, 2.24) is 0 Å². The second-order valence-electron chi connectivity index (χ2n) is 6.97. The number of hydrogen-bond donors (Lipinski definition) is 0. The summed E-state index contributed by atoms with van der Waals surface area (Å²) in [6.07, 6.45) is 5.82. The van der Waals surface area contributed by atoms with Crippen molar-refractivity contribution in [3.8, 4) is 5.75 Å². The zero-order valence-corrected chi connectivity index (χ0v) is 16.9. The largest absolute Gasteiger partial charge is 0.496 e. The molecule has 0 aliphatic heterocycles. The number of para-hydroxylation sites is 1. The molecule has 1 unspecified atom stereocenters. The highest BCUT2D eigenvalue weighted by atomic mass is 16.5. The minimum absolute atomic E-state index is 0.140. The normalized spacial score (nSPS) is 13.0. The van der Waals surface area contributed by atoms with E-state index < -0.39 is 5.41 Å². The van der Waals surface area contributed by atoms with Gasteiger partial charge >= 0.3 is 5.97 Å². The number of esters is 1. The van der Waals surface area contributed by atoms with Crippen LogP contribution in [0.1, 0.15) is 57.1 Å². The Bertz CT molecular complexity index is 696. The quantitative estimate of drug-likeness (QED) is 0.376. The fourth-order valence-corrected chi connectivity index (χ4v) is 3.68. The number of rotatable bonds is 11. The number of ether oxygens (including phenoxy) is 2. The Hall–Kier alpha value is -2.29. The molecule has 0 amide bonds. The Morgan fingerprint density at radius 3 is 2.30 bits per heavy atom. The summed E-state index contributed by atoms with van der Waals surface area (Å²) in [5.41, 5.74) is 1.36. The molecule has 0 N–H and O–H groups in total. The molecule has 2 rings (SSSR count). The maximum atomic E-state index is 13.3. The van der Waals surface area contributed by atoms with E-state index in [9.17, 15) is 4.79 Å². The predicted octanol–water partition coefficient (Wildman–Crippen LogP) is 5.71. The second kappa shape index (κ2) is 10.8. The predicted molar refractivity (Wildman–Crippen MR) is 110 cm³/mol. The molecule has 0 radical (unpaired) electrons. The molecule has 3 nitrogen and oxygen atoms in total. The monoisotopic (exact) mass is 368 g/mol. The van der Waals surface area contributed by atoms with Crippen molar-refractivity contribution in [3.63, 3.8) is 0 Å². The number of methoxy groups -OCH3 is 1. The first-order chi connectivity index (χ1) is 13.2. The third kappa shape index (κ3) is 5.35. The van der Waals surface area contributed by atoms with Crippen LogP contribution in [-0.4, -0.2) is 19.7 Å². The summed E-state index contributed by atoms with van der Waals surface area (Å²) >= 11 is 0. The van der Waals surface area contributed by atoms with Crippen LogP contribution in [0.4, 0.5) is 0 Å². The maximum Gasteiger partial charge on any atom is 0.316 e. The average Bonchev–Trinajstić information content (AvgIpc) is 2.71. The summed E-state index contributed by atoms with van der Waals surface area (Å²) in [6.45, 7) is 4.45. The SMILES string of the molecule is CCCCCCC(Cc1ccccc1OC)(C(=O)OCC)c1ccccc1. The van der Waals surface area contributed by atoms with Crippen LogP contribution >= 0.6 is 0 Å². The van der Waals surface area contributed by atoms with Crippen LogP contribution in [0.2, 0.25) is 0 Å². The molecule has 2 aromatic carbocycles. The van der Waals surface area contributed by atoms with Crippen molar-refractivity contribution in [1.29, 1.82) is 0 Å². The molecule has 0 heterocycles. The van der Waals surface area contributed by atoms with Crippen LogP contribution in [0.3, 0.4) is 0 Å². The Labute approximate surface area is 163 Å². The van der Waals surface area contributed by atoms with Gasteiger partial charge in [-0.3, -0.25) is 4.79 Å². The molecule has 0 aliphatic rings. The Morgan fingerprint density at radius 1 is 0.926 bits per heavy atom. The Balaban J connectivity index is 2.47. The summed E-state index contributed by atoms with van der Waals surface area (Å²) in [5.74, 6) is 0.675. The van der Waals surface area contributed by atoms with Crippen LogP contribution in [0.5, 0.6) is 5.75 Å². The maximum absolute atomic E-state index is 13.3. The summed E-state index contributed by atoms with van der Waals surface area (Å²) in [6, 6.07) is 18.0. The van der Waals surface area contributed by atoms with E-state index in [0.29, 0.717) is 13.0 Å². The molecule has 0 saturated heterocycles. The Morgan fingerprint density at radius 2 is 1.63 bits per heavy atom. The van der Waals surface area contributed by atoms with Crippen molar-refractivity contribution in [2.45, 2.75) is 57.8 Å². The molecule has 0 aromatic heterocycles. The Kier molecular flexibility index (Phi) is 8.38. The van der Waals surface area contributed by atoms with Crippen molar-refractivity contribution in [2.75, 3.05) is 13.7 Å². The van der Waals surface area contributed by atoms with E-state index in [-0.39, 0.29) is 5.97 Å². The first-order valence-electron chi connectivity index (χ1n) is 10.0. The van der Waals surface area contributed by atoms with Gasteiger partial charge in [-0.05, 0) is 37.0 Å². The van der Waals surface area contributed by atoms with Gasteiger partial charge in [-0.2, -0.15) is 0 Å². The number of unbranched alkanes of at least 4 members (excludes halogenated alkanes) is 3. The van der Waals surface area contributed by atoms with Crippen molar-refractivity contribution >= 4 is 5.97 Å². The van der Waals surface area contributed by atoms with Gasteiger partial charge in [0.1, 0.15) is 5.75 Å². The van der Waals surface area contributed by atoms with Gasteiger partial charge in [-0.25, -0.2) is 0 Å². The summed E-state index contributed by atoms with van der Waals surface area (Å²) < 4.78 is 11.1. The van der Waals surface area contributed by atoms with Gasteiger partial charge in [0.05, 0.1) is 19.1 Å². The van der Waals surface area contributed by atoms with E-state index in [1.165, 1.54) is 12.8 Å². The molecule has 0 bridgehead atoms. The van der Waals surface area contributed by atoms with Gasteiger partial charge in [0.2, 0.25) is 0 Å². The van der Waals surface area contributed by atoms with E-state index in [1.54, 1.807) is 7.11 Å². The van der Waals surface area contributed by atoms with E-state index in [4.69, 9.17) is 9.47 Å². The number of hydrogen-bond acceptors (Lipinski definition) is 3. The molecule has 0 fully saturated rings. The first kappa shape index (κ1) is 21.0. The van der Waals surface area contributed by atoms with Crippen LogP contribution in [0.25, 0.3) is 0 Å². The van der Waals surface area contributed by atoms with Crippen molar-refractivity contribution in [3.05, 3.63) is 65.7 Å². The lowest BCUT2D eigenvalue weighted by Crippen LogP contribution is -2.40. The summed E-state index contributed by atoms with van der Waals surface area (Å²) in [7, 11) is 1.68. The number of carbonyl (C=O) groups is 1. The molecule has 146 valence electrons. The van der Waals surface area contributed by atoms with Gasteiger partial charge in [-0.15, -0.1) is 0 Å². The van der Waals surface area contributed by atoms with E-state index >= 15 is 0 Å². The lowest BCUT2D eigenvalue weighted by Gasteiger charge is -2.33. The molecule has 27 heavy (non-hydrogen) atoms. The standard InChI is InChI=1S/C24H32O3/c1-4-6-7-13-18-24(23(25)27-5-2,21-15-9-8-10-16-21)19-20-14-11-12-17-22(20)26-3/h8-12,14-17H,4-7,13,18-19H2,1-3H3. The van der Waals surface area contributed by atoms with Gasteiger partial charge in [0.25, 0.3) is 0 Å². The second-order valence-corrected chi connectivity index (χ2v) is 6.97. The summed E-state index contributed by atoms with van der Waals surface area (Å²) in [4.78, 5) is 13.3. The fourth-order valence-electron chi connectivity index (χ4n) is 3.68. The lowest BCUT2D eigenvalue weighted by molar-refractivity contribution is -0.150. The average molecular weight is 369 g/mol. The van der Waals surface area contributed by atoms with Crippen LogP contribution in [0, 0.1) is 0 Å². The smallest absolute Gasteiger partial charge is 0.316 e. The third-order valence-corrected chi connectivity index (χ3v) is 5.13. The topological polar surface area (TPSA) is 35.5 Å². The van der Waals surface area contributed by atoms with E-state index in [0.717, 1.165) is 36.1 Å². The first-order valence-corrected chi connectivity index (χ1v) is 10.0. The van der Waals surface area contributed by atoms with Crippen molar-refractivity contribution in [2.24, 2.45) is 0 Å². The van der Waals surface area contributed by atoms with Gasteiger partial charge in [0, 0.05) is 0 Å². The molecular formula is C24H32O3. The molecule has 3 heteroatoms. The van der Waals surface area contributed by atoms with Crippen molar-refractivity contribution < 1.29 is 14.3 Å². The zero-order chi connectivity index (χ0) is 19.5.